The van der Waals surface area contributed by atoms with Gasteiger partial charge in [0, 0.05) is 34.1 Å². The van der Waals surface area contributed by atoms with Gasteiger partial charge in [-0.3, -0.25) is 0 Å². The average molecular weight is 367 g/mol. The standard InChI is InChI=1S/C26H26N2/c1-4-11-19(2)26-20(3)24-18-22(27-21-12-7-5-8-13-21)16-17-25(24)28(26)23-14-9-6-10-15-23/h4-10,12-19,27H,1,11H2,2-3H3. The summed E-state index contributed by atoms with van der Waals surface area (Å²) in [5.41, 5.74) is 7.35. The Morgan fingerprint density at radius 3 is 2.29 bits per heavy atom. The molecule has 0 amide bonds. The molecule has 0 aliphatic heterocycles. The van der Waals surface area contributed by atoms with Crippen LogP contribution in [0.15, 0.2) is 91.5 Å². The van der Waals surface area contributed by atoms with Crippen molar-refractivity contribution in [3.05, 3.63) is 103 Å². The molecule has 4 aromatic rings. The van der Waals surface area contributed by atoms with Crippen molar-refractivity contribution in [2.75, 3.05) is 5.32 Å². The summed E-state index contributed by atoms with van der Waals surface area (Å²) in [5, 5.41) is 4.81. The van der Waals surface area contributed by atoms with Crippen molar-refractivity contribution in [2.24, 2.45) is 0 Å². The van der Waals surface area contributed by atoms with Crippen LogP contribution in [0.3, 0.4) is 0 Å². The van der Waals surface area contributed by atoms with E-state index in [4.69, 9.17) is 0 Å². The molecule has 0 saturated heterocycles. The summed E-state index contributed by atoms with van der Waals surface area (Å²) in [4.78, 5) is 0. The number of hydrogen-bond donors (Lipinski definition) is 1. The number of nitrogens with one attached hydrogen (secondary N) is 1. The number of rotatable bonds is 6. The highest BCUT2D eigenvalue weighted by atomic mass is 15.0. The lowest BCUT2D eigenvalue weighted by Gasteiger charge is -2.16. The normalized spacial score (nSPS) is 12.1. The van der Waals surface area contributed by atoms with Crippen molar-refractivity contribution in [3.63, 3.8) is 0 Å². The zero-order chi connectivity index (χ0) is 19.5. The van der Waals surface area contributed by atoms with Crippen LogP contribution in [-0.4, -0.2) is 4.57 Å². The quantitative estimate of drug-likeness (QED) is 0.353. The van der Waals surface area contributed by atoms with Gasteiger partial charge in [-0.15, -0.1) is 6.58 Å². The van der Waals surface area contributed by atoms with E-state index in [0.717, 1.165) is 17.8 Å². The fourth-order valence-electron chi connectivity index (χ4n) is 4.04. The highest BCUT2D eigenvalue weighted by Gasteiger charge is 2.20. The van der Waals surface area contributed by atoms with E-state index in [2.05, 4.69) is 91.0 Å². The molecule has 0 aliphatic carbocycles. The van der Waals surface area contributed by atoms with Crippen LogP contribution in [0.5, 0.6) is 0 Å². The van der Waals surface area contributed by atoms with Gasteiger partial charge in [-0.05, 0) is 61.4 Å². The minimum Gasteiger partial charge on any atom is -0.356 e. The van der Waals surface area contributed by atoms with Gasteiger partial charge >= 0.3 is 0 Å². The fraction of sp³-hybridized carbons (Fsp3) is 0.154. The first-order chi connectivity index (χ1) is 13.7. The van der Waals surface area contributed by atoms with E-state index in [0.29, 0.717) is 5.92 Å². The molecule has 1 unspecified atom stereocenters. The maximum Gasteiger partial charge on any atom is 0.0535 e. The Hall–Kier alpha value is -3.26. The van der Waals surface area contributed by atoms with Crippen LogP contribution < -0.4 is 5.32 Å². The fourth-order valence-corrected chi connectivity index (χ4v) is 4.04. The molecule has 1 aromatic heterocycles. The first-order valence-corrected chi connectivity index (χ1v) is 9.82. The zero-order valence-corrected chi connectivity index (χ0v) is 16.5. The first-order valence-electron chi connectivity index (χ1n) is 9.82. The minimum absolute atomic E-state index is 0.399. The molecule has 3 aromatic carbocycles. The molecule has 0 aliphatic rings. The molecule has 28 heavy (non-hydrogen) atoms. The van der Waals surface area contributed by atoms with Gasteiger partial charge in [0.15, 0.2) is 0 Å². The second-order valence-corrected chi connectivity index (χ2v) is 7.33. The van der Waals surface area contributed by atoms with Gasteiger partial charge < -0.3 is 9.88 Å². The van der Waals surface area contributed by atoms with Gasteiger partial charge in [0.1, 0.15) is 0 Å². The summed E-state index contributed by atoms with van der Waals surface area (Å²) in [5.74, 6) is 0.399. The summed E-state index contributed by atoms with van der Waals surface area (Å²) in [6.07, 6.45) is 2.97. The van der Waals surface area contributed by atoms with Crippen LogP contribution in [0.1, 0.15) is 30.5 Å². The van der Waals surface area contributed by atoms with E-state index in [-0.39, 0.29) is 0 Å². The Labute approximate surface area is 167 Å². The zero-order valence-electron chi connectivity index (χ0n) is 16.5. The van der Waals surface area contributed by atoms with Crippen molar-refractivity contribution in [3.8, 4) is 5.69 Å². The van der Waals surface area contributed by atoms with Gasteiger partial charge in [-0.25, -0.2) is 0 Å². The number of aromatic nitrogens is 1. The summed E-state index contributed by atoms with van der Waals surface area (Å²) < 4.78 is 2.41. The molecular weight excluding hydrogens is 340 g/mol. The third-order valence-corrected chi connectivity index (χ3v) is 5.33. The van der Waals surface area contributed by atoms with Gasteiger partial charge in [0.2, 0.25) is 0 Å². The molecule has 0 fully saturated rings. The Bertz CT molecular complexity index is 1090. The topological polar surface area (TPSA) is 17.0 Å². The molecule has 0 saturated carbocycles. The van der Waals surface area contributed by atoms with Gasteiger partial charge in [0.25, 0.3) is 0 Å². The third kappa shape index (κ3) is 3.34. The number of allylic oxidation sites excluding steroid dienone is 1. The number of para-hydroxylation sites is 2. The Morgan fingerprint density at radius 2 is 1.61 bits per heavy atom. The van der Waals surface area contributed by atoms with Gasteiger partial charge in [0.05, 0.1) is 5.52 Å². The molecular formula is C26H26N2. The highest BCUT2D eigenvalue weighted by Crippen LogP contribution is 2.36. The molecule has 1 heterocycles. The first kappa shape index (κ1) is 18.1. The molecule has 2 heteroatoms. The average Bonchev–Trinajstić information content (AvgIpc) is 3.02. The summed E-state index contributed by atoms with van der Waals surface area (Å²) in [6, 6.07) is 27.6. The number of hydrogen-bond acceptors (Lipinski definition) is 1. The monoisotopic (exact) mass is 366 g/mol. The third-order valence-electron chi connectivity index (χ3n) is 5.33. The van der Waals surface area contributed by atoms with Crippen LogP contribution in [0.25, 0.3) is 16.6 Å². The Balaban J connectivity index is 1.88. The molecule has 140 valence electrons. The Morgan fingerprint density at radius 1 is 0.929 bits per heavy atom. The summed E-state index contributed by atoms with van der Waals surface area (Å²) in [7, 11) is 0. The van der Waals surface area contributed by atoms with Crippen molar-refractivity contribution in [2.45, 2.75) is 26.2 Å². The maximum absolute atomic E-state index is 3.95. The maximum atomic E-state index is 3.95. The smallest absolute Gasteiger partial charge is 0.0535 e. The lowest BCUT2D eigenvalue weighted by atomic mass is 9.99. The van der Waals surface area contributed by atoms with E-state index in [1.54, 1.807) is 0 Å². The molecule has 0 radical (unpaired) electrons. The van der Waals surface area contributed by atoms with Crippen molar-refractivity contribution < 1.29 is 0 Å². The highest BCUT2D eigenvalue weighted by molar-refractivity contribution is 5.90. The largest absolute Gasteiger partial charge is 0.356 e. The van der Waals surface area contributed by atoms with Crippen molar-refractivity contribution in [1.82, 2.24) is 4.57 Å². The number of anilines is 2. The number of aryl methyl sites for hydroxylation is 1. The molecule has 0 spiro atoms. The van der Waals surface area contributed by atoms with Gasteiger partial charge in [-0.1, -0.05) is 49.4 Å². The van der Waals surface area contributed by atoms with Crippen LogP contribution >= 0.6 is 0 Å². The molecule has 2 nitrogen and oxygen atoms in total. The lowest BCUT2D eigenvalue weighted by molar-refractivity contribution is 0.726. The summed E-state index contributed by atoms with van der Waals surface area (Å²) in [6.45, 7) is 8.48. The number of fused-ring (bicyclic) bond motifs is 1. The molecule has 0 bridgehead atoms. The predicted molar refractivity (Wildman–Crippen MR) is 121 cm³/mol. The minimum atomic E-state index is 0.399. The van der Waals surface area contributed by atoms with E-state index >= 15 is 0 Å². The van der Waals surface area contributed by atoms with E-state index in [1.165, 1.54) is 27.8 Å². The van der Waals surface area contributed by atoms with E-state index in [9.17, 15) is 0 Å². The second-order valence-electron chi connectivity index (χ2n) is 7.33. The predicted octanol–water partition coefficient (Wildman–Crippen LogP) is 7.36. The van der Waals surface area contributed by atoms with Crippen LogP contribution in [-0.2, 0) is 0 Å². The van der Waals surface area contributed by atoms with Crippen LogP contribution in [0, 0.1) is 6.92 Å². The Kier molecular flexibility index (Phi) is 5.03. The van der Waals surface area contributed by atoms with Gasteiger partial charge in [-0.2, -0.15) is 0 Å². The van der Waals surface area contributed by atoms with Crippen molar-refractivity contribution >= 4 is 22.3 Å². The van der Waals surface area contributed by atoms with E-state index in [1.807, 2.05) is 24.3 Å². The van der Waals surface area contributed by atoms with Crippen LogP contribution in [0.2, 0.25) is 0 Å². The van der Waals surface area contributed by atoms with Crippen LogP contribution in [0.4, 0.5) is 11.4 Å². The second kappa shape index (κ2) is 7.77. The van der Waals surface area contributed by atoms with Crippen molar-refractivity contribution in [1.29, 1.82) is 0 Å². The molecule has 1 N–H and O–H groups in total. The van der Waals surface area contributed by atoms with E-state index < -0.39 is 0 Å². The number of benzene rings is 3. The molecule has 1 atom stereocenters. The lowest BCUT2D eigenvalue weighted by Crippen LogP contribution is -2.04. The molecule has 4 rings (SSSR count). The SMILES string of the molecule is C=CCC(C)c1c(C)c2cc(Nc3ccccc3)ccc2n1-c1ccccc1. The number of nitrogens with zero attached hydrogens (tertiary/aromatic N) is 1. The summed E-state index contributed by atoms with van der Waals surface area (Å²) >= 11 is 0.